The Bertz CT molecular complexity index is 768. The summed E-state index contributed by atoms with van der Waals surface area (Å²) in [6.45, 7) is 3.87. The lowest BCUT2D eigenvalue weighted by atomic mass is 9.90. The molecule has 1 heterocycles. The number of benzene rings is 1. The zero-order valence-corrected chi connectivity index (χ0v) is 17.4. The van der Waals surface area contributed by atoms with Crippen molar-refractivity contribution >= 4 is 27.9 Å². The molecule has 0 saturated carbocycles. The molecule has 1 unspecified atom stereocenters. The molecular formula is C20H25BrO6. The number of phenolic OH excluding ortho intramolecular Hbond substituents is 1. The van der Waals surface area contributed by atoms with Crippen LogP contribution in [0.25, 0.3) is 0 Å². The number of cyclic esters (lactones) is 1. The lowest BCUT2D eigenvalue weighted by Crippen LogP contribution is -2.10. The molecule has 0 saturated heterocycles. The standard InChI is InChI=1S/C20H25BrO6/c1-11(13(5-4-8-21)9-16(22)23)6-7-14-18(24)17-15(10-27-20(17)25)12(2)19(14)26-3/h6,13,24H,4-5,7-10H2,1-3H3,(H,22,23)/b11-6+. The molecule has 1 aliphatic heterocycles. The quantitative estimate of drug-likeness (QED) is 0.340. The maximum atomic E-state index is 12.0. The van der Waals surface area contributed by atoms with Gasteiger partial charge in [-0.05, 0) is 44.6 Å². The first-order chi connectivity index (χ1) is 12.8. The second kappa shape index (κ2) is 9.26. The van der Waals surface area contributed by atoms with Gasteiger partial charge in [-0.25, -0.2) is 4.79 Å². The molecule has 2 N–H and O–H groups in total. The van der Waals surface area contributed by atoms with Crippen molar-refractivity contribution in [3.05, 3.63) is 33.9 Å². The summed E-state index contributed by atoms with van der Waals surface area (Å²) in [5.41, 5.74) is 3.09. The molecule has 1 atom stereocenters. The predicted octanol–water partition coefficient (Wildman–Crippen LogP) is 4.13. The molecule has 0 fully saturated rings. The largest absolute Gasteiger partial charge is 0.507 e. The molecule has 148 valence electrons. The molecule has 1 aromatic carbocycles. The Kier molecular flexibility index (Phi) is 7.30. The van der Waals surface area contributed by atoms with Crippen LogP contribution >= 0.6 is 15.9 Å². The van der Waals surface area contributed by atoms with E-state index in [0.717, 1.165) is 29.3 Å². The molecular weight excluding hydrogens is 416 g/mol. The number of ether oxygens (including phenoxy) is 2. The van der Waals surface area contributed by atoms with E-state index in [1.165, 1.54) is 7.11 Å². The number of aromatic hydroxyl groups is 1. The van der Waals surface area contributed by atoms with Crippen molar-refractivity contribution in [3.8, 4) is 11.5 Å². The smallest absolute Gasteiger partial charge is 0.342 e. The van der Waals surface area contributed by atoms with Crippen molar-refractivity contribution < 1.29 is 29.3 Å². The van der Waals surface area contributed by atoms with Gasteiger partial charge in [0.25, 0.3) is 0 Å². The van der Waals surface area contributed by atoms with E-state index in [9.17, 15) is 14.7 Å². The summed E-state index contributed by atoms with van der Waals surface area (Å²) >= 11 is 3.38. The van der Waals surface area contributed by atoms with Crippen molar-refractivity contribution in [1.29, 1.82) is 0 Å². The maximum absolute atomic E-state index is 12.0. The van der Waals surface area contributed by atoms with Gasteiger partial charge in [-0.1, -0.05) is 27.6 Å². The van der Waals surface area contributed by atoms with Crippen LogP contribution in [0, 0.1) is 12.8 Å². The zero-order valence-electron chi connectivity index (χ0n) is 15.8. The maximum Gasteiger partial charge on any atom is 0.342 e. The fourth-order valence-electron chi connectivity index (χ4n) is 3.48. The van der Waals surface area contributed by atoms with E-state index in [1.54, 1.807) is 0 Å². The van der Waals surface area contributed by atoms with Crippen LogP contribution in [0.5, 0.6) is 11.5 Å². The van der Waals surface area contributed by atoms with Crippen LogP contribution in [-0.2, 0) is 22.6 Å². The van der Waals surface area contributed by atoms with Gasteiger partial charge in [0.05, 0.1) is 13.5 Å². The summed E-state index contributed by atoms with van der Waals surface area (Å²) in [7, 11) is 1.52. The molecule has 7 heteroatoms. The summed E-state index contributed by atoms with van der Waals surface area (Å²) < 4.78 is 10.5. The number of hydrogen-bond donors (Lipinski definition) is 2. The highest BCUT2D eigenvalue weighted by Gasteiger charge is 2.31. The minimum absolute atomic E-state index is 0.0635. The number of rotatable bonds is 9. The summed E-state index contributed by atoms with van der Waals surface area (Å²) in [6, 6.07) is 0. The summed E-state index contributed by atoms with van der Waals surface area (Å²) in [6.07, 6.45) is 3.95. The van der Waals surface area contributed by atoms with Crippen LogP contribution in [0.1, 0.15) is 53.2 Å². The molecule has 0 aromatic heterocycles. The summed E-state index contributed by atoms with van der Waals surface area (Å²) in [5.74, 6) is -1.03. The van der Waals surface area contributed by atoms with Gasteiger partial charge in [0, 0.05) is 16.5 Å². The van der Waals surface area contributed by atoms with E-state index >= 15 is 0 Å². The van der Waals surface area contributed by atoms with E-state index in [0.29, 0.717) is 23.3 Å². The number of allylic oxidation sites excluding steroid dienone is 2. The second-order valence-electron chi connectivity index (χ2n) is 6.69. The van der Waals surface area contributed by atoms with Crippen LogP contribution in [0.4, 0.5) is 0 Å². The Hall–Kier alpha value is -2.02. The van der Waals surface area contributed by atoms with Gasteiger partial charge in [0.1, 0.15) is 23.7 Å². The number of carbonyl (C=O) groups excluding carboxylic acids is 1. The Morgan fingerprint density at radius 3 is 2.74 bits per heavy atom. The van der Waals surface area contributed by atoms with Crippen molar-refractivity contribution in [2.24, 2.45) is 5.92 Å². The van der Waals surface area contributed by atoms with Gasteiger partial charge in [-0.3, -0.25) is 4.79 Å². The Morgan fingerprint density at radius 2 is 2.15 bits per heavy atom. The van der Waals surface area contributed by atoms with Crippen molar-refractivity contribution in [2.45, 2.75) is 46.1 Å². The fourth-order valence-corrected chi connectivity index (χ4v) is 3.81. The summed E-state index contributed by atoms with van der Waals surface area (Å²) in [4.78, 5) is 23.1. The van der Waals surface area contributed by atoms with Crippen LogP contribution in [-0.4, -0.2) is 34.6 Å². The Balaban J connectivity index is 2.36. The minimum atomic E-state index is -0.834. The number of methoxy groups -OCH3 is 1. The zero-order chi connectivity index (χ0) is 20.1. The molecule has 27 heavy (non-hydrogen) atoms. The topological polar surface area (TPSA) is 93.1 Å². The van der Waals surface area contributed by atoms with Crippen LogP contribution < -0.4 is 4.74 Å². The number of hydrogen-bond acceptors (Lipinski definition) is 5. The minimum Gasteiger partial charge on any atom is -0.507 e. The molecule has 0 amide bonds. The van der Waals surface area contributed by atoms with E-state index in [1.807, 2.05) is 19.9 Å². The highest BCUT2D eigenvalue weighted by Crippen LogP contribution is 2.42. The fraction of sp³-hybridized carbons (Fsp3) is 0.500. The molecule has 0 bridgehead atoms. The predicted molar refractivity (Wildman–Crippen MR) is 105 cm³/mol. The van der Waals surface area contributed by atoms with Gasteiger partial charge >= 0.3 is 11.9 Å². The van der Waals surface area contributed by atoms with Gasteiger partial charge in [0.15, 0.2) is 0 Å². The molecule has 6 nitrogen and oxygen atoms in total. The lowest BCUT2D eigenvalue weighted by molar-refractivity contribution is -0.137. The lowest BCUT2D eigenvalue weighted by Gasteiger charge is -2.18. The monoisotopic (exact) mass is 440 g/mol. The van der Waals surface area contributed by atoms with E-state index in [2.05, 4.69) is 15.9 Å². The van der Waals surface area contributed by atoms with Crippen molar-refractivity contribution in [2.75, 3.05) is 12.4 Å². The highest BCUT2D eigenvalue weighted by molar-refractivity contribution is 9.09. The average Bonchev–Trinajstić information content (AvgIpc) is 3.01. The third kappa shape index (κ3) is 4.64. The van der Waals surface area contributed by atoms with E-state index in [-0.39, 0.29) is 30.3 Å². The molecule has 0 spiro atoms. The normalized spacial score (nSPS) is 14.7. The van der Waals surface area contributed by atoms with Crippen LogP contribution in [0.2, 0.25) is 0 Å². The Morgan fingerprint density at radius 1 is 1.44 bits per heavy atom. The van der Waals surface area contributed by atoms with Gasteiger partial charge in [-0.15, -0.1) is 0 Å². The molecule has 0 radical (unpaired) electrons. The van der Waals surface area contributed by atoms with Crippen LogP contribution in [0.3, 0.4) is 0 Å². The second-order valence-corrected chi connectivity index (χ2v) is 7.49. The van der Waals surface area contributed by atoms with Crippen LogP contribution in [0.15, 0.2) is 11.6 Å². The highest BCUT2D eigenvalue weighted by atomic mass is 79.9. The number of fused-ring (bicyclic) bond motifs is 1. The third-order valence-corrected chi connectivity index (χ3v) is 5.59. The van der Waals surface area contributed by atoms with E-state index in [4.69, 9.17) is 14.6 Å². The molecule has 0 aliphatic carbocycles. The first kappa shape index (κ1) is 21.3. The van der Waals surface area contributed by atoms with Gasteiger partial charge in [-0.2, -0.15) is 0 Å². The third-order valence-electron chi connectivity index (χ3n) is 5.03. The van der Waals surface area contributed by atoms with Crippen molar-refractivity contribution in [1.82, 2.24) is 0 Å². The number of carboxylic acids is 1. The number of halogens is 1. The SMILES string of the molecule is COc1c(C)c2c(c(O)c1C/C=C(\C)C(CCCBr)CC(=O)O)C(=O)OC2. The Labute approximate surface area is 167 Å². The number of carboxylic acid groups (broad SMARTS) is 1. The van der Waals surface area contributed by atoms with Gasteiger partial charge < -0.3 is 19.7 Å². The number of phenols is 1. The number of esters is 1. The first-order valence-electron chi connectivity index (χ1n) is 8.84. The van der Waals surface area contributed by atoms with E-state index < -0.39 is 11.9 Å². The van der Waals surface area contributed by atoms with Gasteiger partial charge in [0.2, 0.25) is 0 Å². The number of alkyl halides is 1. The van der Waals surface area contributed by atoms with Crippen molar-refractivity contribution in [3.63, 3.8) is 0 Å². The summed E-state index contributed by atoms with van der Waals surface area (Å²) in [5, 5.41) is 20.6. The number of carbonyl (C=O) groups is 2. The molecule has 2 rings (SSSR count). The molecule has 1 aromatic rings. The number of aliphatic carboxylic acids is 1. The average molecular weight is 441 g/mol. The first-order valence-corrected chi connectivity index (χ1v) is 9.96. The molecule has 1 aliphatic rings.